The van der Waals surface area contributed by atoms with E-state index in [0.717, 1.165) is 36.1 Å². The SMILES string of the molecule is CCCc1cc(C(=O)N[C@@H](C)c2ccccc2)c(=O)[nH]c1CC. The standard InChI is InChI=1S/C19H24N2O2/c1-4-9-15-12-16(19(23)21-17(15)5-2)18(22)20-13(3)14-10-7-6-8-11-14/h6-8,10-13H,4-5,9H2,1-3H3,(H,20,22)(H,21,23)/t13-/m0/s1. The van der Waals surface area contributed by atoms with E-state index in [2.05, 4.69) is 17.2 Å². The summed E-state index contributed by atoms with van der Waals surface area (Å²) in [5.41, 5.74) is 2.85. The summed E-state index contributed by atoms with van der Waals surface area (Å²) in [7, 11) is 0. The smallest absolute Gasteiger partial charge is 0.261 e. The number of aromatic amines is 1. The van der Waals surface area contributed by atoms with Crippen molar-refractivity contribution in [1.29, 1.82) is 0 Å². The minimum atomic E-state index is -0.331. The quantitative estimate of drug-likeness (QED) is 0.859. The maximum absolute atomic E-state index is 12.5. The zero-order chi connectivity index (χ0) is 16.8. The largest absolute Gasteiger partial charge is 0.345 e. The number of amides is 1. The van der Waals surface area contributed by atoms with Crippen molar-refractivity contribution >= 4 is 5.91 Å². The van der Waals surface area contributed by atoms with E-state index in [1.54, 1.807) is 6.07 Å². The van der Waals surface area contributed by atoms with Gasteiger partial charge in [-0.25, -0.2) is 0 Å². The van der Waals surface area contributed by atoms with Crippen molar-refractivity contribution in [2.75, 3.05) is 0 Å². The molecule has 0 aliphatic carbocycles. The molecule has 1 heterocycles. The van der Waals surface area contributed by atoms with E-state index >= 15 is 0 Å². The third-order valence-corrected chi connectivity index (χ3v) is 3.98. The van der Waals surface area contributed by atoms with Crippen LogP contribution >= 0.6 is 0 Å². The highest BCUT2D eigenvalue weighted by Crippen LogP contribution is 2.13. The summed E-state index contributed by atoms with van der Waals surface area (Å²) in [6, 6.07) is 11.3. The number of carbonyl (C=O) groups is 1. The molecule has 2 N–H and O–H groups in total. The van der Waals surface area contributed by atoms with Crippen molar-refractivity contribution in [1.82, 2.24) is 10.3 Å². The predicted molar refractivity (Wildman–Crippen MR) is 92.8 cm³/mol. The van der Waals surface area contributed by atoms with E-state index in [1.807, 2.05) is 44.2 Å². The van der Waals surface area contributed by atoms with Gasteiger partial charge in [0.1, 0.15) is 5.56 Å². The van der Waals surface area contributed by atoms with Crippen molar-refractivity contribution < 1.29 is 4.79 Å². The zero-order valence-corrected chi connectivity index (χ0v) is 14.0. The molecule has 1 amide bonds. The Labute approximate surface area is 137 Å². The molecule has 0 spiro atoms. The molecule has 1 aromatic heterocycles. The number of hydrogen-bond acceptors (Lipinski definition) is 2. The molecule has 2 rings (SSSR count). The Morgan fingerprint density at radius 3 is 2.52 bits per heavy atom. The first kappa shape index (κ1) is 17.0. The number of pyridine rings is 1. The van der Waals surface area contributed by atoms with E-state index in [-0.39, 0.29) is 23.1 Å². The molecule has 4 heteroatoms. The Hall–Kier alpha value is -2.36. The Kier molecular flexibility index (Phi) is 5.74. The van der Waals surface area contributed by atoms with Gasteiger partial charge in [-0.1, -0.05) is 50.6 Å². The van der Waals surface area contributed by atoms with Crippen molar-refractivity contribution in [2.24, 2.45) is 0 Å². The van der Waals surface area contributed by atoms with E-state index in [9.17, 15) is 9.59 Å². The topological polar surface area (TPSA) is 62.0 Å². The van der Waals surface area contributed by atoms with Crippen LogP contribution in [-0.4, -0.2) is 10.9 Å². The summed E-state index contributed by atoms with van der Waals surface area (Å²) in [5, 5.41) is 2.90. The first-order valence-electron chi connectivity index (χ1n) is 8.17. The van der Waals surface area contributed by atoms with Gasteiger partial charge >= 0.3 is 0 Å². The van der Waals surface area contributed by atoms with Crippen LogP contribution in [0.15, 0.2) is 41.2 Å². The van der Waals surface area contributed by atoms with Gasteiger partial charge in [-0.3, -0.25) is 9.59 Å². The fourth-order valence-electron chi connectivity index (χ4n) is 2.69. The van der Waals surface area contributed by atoms with E-state index in [4.69, 9.17) is 0 Å². The number of hydrogen-bond donors (Lipinski definition) is 2. The number of carbonyl (C=O) groups excluding carboxylic acids is 1. The Morgan fingerprint density at radius 2 is 1.91 bits per heavy atom. The van der Waals surface area contributed by atoms with Crippen LogP contribution in [0.5, 0.6) is 0 Å². The number of benzene rings is 1. The average molecular weight is 312 g/mol. The molecule has 4 nitrogen and oxygen atoms in total. The van der Waals surface area contributed by atoms with Gasteiger partial charge in [-0.15, -0.1) is 0 Å². The van der Waals surface area contributed by atoms with Crippen LogP contribution in [0.4, 0.5) is 0 Å². The van der Waals surface area contributed by atoms with Gasteiger partial charge in [0.2, 0.25) is 0 Å². The molecular formula is C19H24N2O2. The third-order valence-electron chi connectivity index (χ3n) is 3.98. The van der Waals surface area contributed by atoms with Crippen LogP contribution in [0.3, 0.4) is 0 Å². The van der Waals surface area contributed by atoms with E-state index < -0.39 is 0 Å². The first-order valence-corrected chi connectivity index (χ1v) is 8.17. The van der Waals surface area contributed by atoms with Crippen LogP contribution in [-0.2, 0) is 12.8 Å². The third kappa shape index (κ3) is 4.09. The summed E-state index contributed by atoms with van der Waals surface area (Å²) >= 11 is 0. The van der Waals surface area contributed by atoms with Crippen molar-refractivity contribution in [3.63, 3.8) is 0 Å². The number of aryl methyl sites for hydroxylation is 2. The van der Waals surface area contributed by atoms with Crippen LogP contribution in [0, 0.1) is 0 Å². The molecule has 0 unspecified atom stereocenters. The summed E-state index contributed by atoms with van der Waals surface area (Å²) in [6.45, 7) is 6.00. The molecule has 0 saturated heterocycles. The molecule has 0 fully saturated rings. The summed E-state index contributed by atoms with van der Waals surface area (Å²) in [5.74, 6) is -0.331. The van der Waals surface area contributed by atoms with Crippen LogP contribution in [0.2, 0.25) is 0 Å². The van der Waals surface area contributed by atoms with Gasteiger partial charge in [0, 0.05) is 5.69 Å². The lowest BCUT2D eigenvalue weighted by atomic mass is 10.0. The zero-order valence-electron chi connectivity index (χ0n) is 14.0. The average Bonchev–Trinajstić information content (AvgIpc) is 2.56. The van der Waals surface area contributed by atoms with Gasteiger partial charge in [-0.2, -0.15) is 0 Å². The molecule has 1 aromatic carbocycles. The molecule has 0 aliphatic heterocycles. The highest BCUT2D eigenvalue weighted by atomic mass is 16.2. The number of nitrogens with one attached hydrogen (secondary N) is 2. The van der Waals surface area contributed by atoms with Crippen LogP contribution < -0.4 is 10.9 Å². The fourth-order valence-corrected chi connectivity index (χ4v) is 2.69. The van der Waals surface area contributed by atoms with Crippen LogP contribution in [0.1, 0.15) is 60.4 Å². The number of rotatable bonds is 6. The second-order valence-corrected chi connectivity index (χ2v) is 5.73. The lowest BCUT2D eigenvalue weighted by Gasteiger charge is -2.15. The minimum Gasteiger partial charge on any atom is -0.345 e. The Balaban J connectivity index is 2.25. The number of H-pyrrole nitrogens is 1. The summed E-state index contributed by atoms with van der Waals surface area (Å²) < 4.78 is 0. The highest BCUT2D eigenvalue weighted by molar-refractivity contribution is 5.94. The summed E-state index contributed by atoms with van der Waals surface area (Å²) in [4.78, 5) is 27.5. The maximum atomic E-state index is 12.5. The second kappa shape index (κ2) is 7.77. The highest BCUT2D eigenvalue weighted by Gasteiger charge is 2.16. The monoisotopic (exact) mass is 312 g/mol. The van der Waals surface area contributed by atoms with E-state index in [0.29, 0.717) is 0 Å². The molecule has 122 valence electrons. The molecule has 0 bridgehead atoms. The first-order chi connectivity index (χ1) is 11.1. The Bertz CT molecular complexity index is 720. The second-order valence-electron chi connectivity index (χ2n) is 5.73. The summed E-state index contributed by atoms with van der Waals surface area (Å²) in [6.07, 6.45) is 2.59. The minimum absolute atomic E-state index is 0.149. The number of aromatic nitrogens is 1. The van der Waals surface area contributed by atoms with Gasteiger partial charge in [0.15, 0.2) is 0 Å². The van der Waals surface area contributed by atoms with Crippen LogP contribution in [0.25, 0.3) is 0 Å². The molecule has 23 heavy (non-hydrogen) atoms. The molecular weight excluding hydrogens is 288 g/mol. The molecule has 0 saturated carbocycles. The molecule has 0 radical (unpaired) electrons. The maximum Gasteiger partial charge on any atom is 0.261 e. The predicted octanol–water partition coefficient (Wildman–Crippen LogP) is 3.38. The van der Waals surface area contributed by atoms with Gasteiger partial charge in [-0.05, 0) is 37.0 Å². The van der Waals surface area contributed by atoms with Gasteiger partial charge in [0.05, 0.1) is 6.04 Å². The lowest BCUT2D eigenvalue weighted by Crippen LogP contribution is -2.32. The van der Waals surface area contributed by atoms with E-state index in [1.165, 1.54) is 0 Å². The Morgan fingerprint density at radius 1 is 1.22 bits per heavy atom. The normalized spacial score (nSPS) is 12.0. The van der Waals surface area contributed by atoms with Crippen molar-refractivity contribution in [3.8, 4) is 0 Å². The van der Waals surface area contributed by atoms with Gasteiger partial charge in [0.25, 0.3) is 11.5 Å². The van der Waals surface area contributed by atoms with Crippen molar-refractivity contribution in [2.45, 2.75) is 46.1 Å². The molecule has 2 aromatic rings. The molecule has 1 atom stereocenters. The molecule has 0 aliphatic rings. The van der Waals surface area contributed by atoms with Crippen molar-refractivity contribution in [3.05, 3.63) is 69.1 Å². The lowest BCUT2D eigenvalue weighted by molar-refractivity contribution is 0.0938. The fraction of sp³-hybridized carbons (Fsp3) is 0.368. The van der Waals surface area contributed by atoms with Gasteiger partial charge < -0.3 is 10.3 Å².